The number of hydrogen-bond acceptors (Lipinski definition) is 5. The third-order valence-corrected chi connectivity index (χ3v) is 17.3. The molecule has 0 rings (SSSR count). The van der Waals surface area contributed by atoms with Gasteiger partial charge < -0.3 is 20.3 Å². The van der Waals surface area contributed by atoms with Gasteiger partial charge in [-0.15, -0.1) is 0 Å². The Bertz CT molecular complexity index is 1190. The SMILES string of the molecule is CCCCCCCCCCCCCCCCCCCCCCC/C=C/C(O)C(CO)NC(=O)CCCCCCCCCCCCCCCCCCCCCCCCCCCCCCOC(=O)CCCCCCCCCCCCC. The number of allylic oxidation sites excluding steroid dienone is 1. The first kappa shape index (κ1) is 77.6. The van der Waals surface area contributed by atoms with Crippen molar-refractivity contribution in [2.45, 2.75) is 431 Å². The van der Waals surface area contributed by atoms with Crippen LogP contribution in [0.5, 0.6) is 0 Å². The van der Waals surface area contributed by atoms with Gasteiger partial charge in [0, 0.05) is 12.8 Å². The molecule has 470 valence electrons. The Morgan fingerprint density at radius 3 is 0.861 bits per heavy atom. The summed E-state index contributed by atoms with van der Waals surface area (Å²) >= 11 is 0. The van der Waals surface area contributed by atoms with Crippen LogP contribution in [0.3, 0.4) is 0 Å². The van der Waals surface area contributed by atoms with E-state index in [4.69, 9.17) is 4.74 Å². The van der Waals surface area contributed by atoms with Crippen molar-refractivity contribution < 1.29 is 24.5 Å². The van der Waals surface area contributed by atoms with Gasteiger partial charge >= 0.3 is 5.97 Å². The number of amides is 1. The molecule has 0 spiro atoms. The predicted octanol–water partition coefficient (Wildman–Crippen LogP) is 23.5. The van der Waals surface area contributed by atoms with E-state index in [1.807, 2.05) is 6.08 Å². The number of ether oxygens (including phenoxy) is 1. The van der Waals surface area contributed by atoms with E-state index in [9.17, 15) is 19.8 Å². The average molecular weight is 1110 g/mol. The largest absolute Gasteiger partial charge is 0.466 e. The lowest BCUT2D eigenvalue weighted by molar-refractivity contribution is -0.143. The van der Waals surface area contributed by atoms with Crippen molar-refractivity contribution in [1.82, 2.24) is 5.32 Å². The van der Waals surface area contributed by atoms with Gasteiger partial charge in [0.05, 0.1) is 25.4 Å². The lowest BCUT2D eigenvalue weighted by Gasteiger charge is -2.20. The quantitative estimate of drug-likeness (QED) is 0.0320. The lowest BCUT2D eigenvalue weighted by Crippen LogP contribution is -2.45. The molecule has 0 aromatic carbocycles. The van der Waals surface area contributed by atoms with Crippen LogP contribution >= 0.6 is 0 Å². The summed E-state index contributed by atoms with van der Waals surface area (Å²) in [5.41, 5.74) is 0. The molecule has 79 heavy (non-hydrogen) atoms. The molecule has 2 unspecified atom stereocenters. The molecule has 1 amide bonds. The Labute approximate surface area is 495 Å². The van der Waals surface area contributed by atoms with Gasteiger partial charge in [-0.2, -0.15) is 0 Å². The monoisotopic (exact) mass is 1110 g/mol. The van der Waals surface area contributed by atoms with Gasteiger partial charge in [-0.05, 0) is 32.1 Å². The van der Waals surface area contributed by atoms with E-state index >= 15 is 0 Å². The average Bonchev–Trinajstić information content (AvgIpc) is 3.45. The number of aliphatic hydroxyl groups excluding tert-OH is 2. The van der Waals surface area contributed by atoms with Crippen LogP contribution in [0.15, 0.2) is 12.2 Å². The van der Waals surface area contributed by atoms with Crippen molar-refractivity contribution in [1.29, 1.82) is 0 Å². The van der Waals surface area contributed by atoms with Crippen LogP contribution in [0.1, 0.15) is 418 Å². The first-order valence-electron chi connectivity index (χ1n) is 36.5. The first-order chi connectivity index (χ1) is 39.0. The third kappa shape index (κ3) is 65.6. The number of unbranched alkanes of at least 4 members (excludes halogenated alkanes) is 58. The maximum absolute atomic E-state index is 12.5. The minimum absolute atomic E-state index is 0.0191. The van der Waals surface area contributed by atoms with Gasteiger partial charge in [-0.3, -0.25) is 9.59 Å². The van der Waals surface area contributed by atoms with Crippen molar-refractivity contribution in [3.05, 3.63) is 12.2 Å². The minimum atomic E-state index is -0.843. The van der Waals surface area contributed by atoms with Gasteiger partial charge in [-0.25, -0.2) is 0 Å². The van der Waals surface area contributed by atoms with Crippen molar-refractivity contribution in [3.63, 3.8) is 0 Å². The second-order valence-electron chi connectivity index (χ2n) is 25.3. The third-order valence-electron chi connectivity index (χ3n) is 17.3. The normalized spacial score (nSPS) is 12.5. The maximum atomic E-state index is 12.5. The fourth-order valence-electron chi connectivity index (χ4n) is 11.8. The summed E-state index contributed by atoms with van der Waals surface area (Å²) < 4.78 is 5.48. The highest BCUT2D eigenvalue weighted by molar-refractivity contribution is 5.76. The molecule has 0 aromatic heterocycles. The van der Waals surface area contributed by atoms with E-state index in [1.165, 1.54) is 353 Å². The Morgan fingerprint density at radius 1 is 0.342 bits per heavy atom. The van der Waals surface area contributed by atoms with E-state index in [0.29, 0.717) is 19.4 Å². The number of nitrogens with one attached hydrogen (secondary N) is 1. The molecule has 0 radical (unpaired) electrons. The maximum Gasteiger partial charge on any atom is 0.305 e. The summed E-state index contributed by atoms with van der Waals surface area (Å²) in [6.07, 6.45) is 85.9. The van der Waals surface area contributed by atoms with Crippen molar-refractivity contribution in [3.8, 4) is 0 Å². The molecule has 0 bridgehead atoms. The Morgan fingerprint density at radius 2 is 0.582 bits per heavy atom. The zero-order chi connectivity index (χ0) is 57.1. The second-order valence-corrected chi connectivity index (χ2v) is 25.3. The molecule has 0 heterocycles. The minimum Gasteiger partial charge on any atom is -0.466 e. The summed E-state index contributed by atoms with van der Waals surface area (Å²) in [7, 11) is 0. The van der Waals surface area contributed by atoms with Crippen molar-refractivity contribution in [2.24, 2.45) is 0 Å². The molecule has 0 saturated heterocycles. The van der Waals surface area contributed by atoms with Crippen LogP contribution in [-0.4, -0.2) is 47.4 Å². The Balaban J connectivity index is 3.37. The summed E-state index contributed by atoms with van der Waals surface area (Å²) in [6.45, 7) is 4.95. The molecule has 0 aliphatic carbocycles. The van der Waals surface area contributed by atoms with Crippen LogP contribution in [-0.2, 0) is 14.3 Å². The summed E-state index contributed by atoms with van der Waals surface area (Å²) in [5, 5.41) is 23.3. The summed E-state index contributed by atoms with van der Waals surface area (Å²) in [4.78, 5) is 24.6. The van der Waals surface area contributed by atoms with Crippen LogP contribution in [0.4, 0.5) is 0 Å². The number of esters is 1. The van der Waals surface area contributed by atoms with Crippen molar-refractivity contribution in [2.75, 3.05) is 13.2 Å². The zero-order valence-corrected chi connectivity index (χ0v) is 53.9. The Kier molecular flexibility index (Phi) is 67.9. The van der Waals surface area contributed by atoms with E-state index in [0.717, 1.165) is 38.5 Å². The number of carbonyl (C=O) groups excluding carboxylic acids is 2. The Hall–Kier alpha value is -1.40. The summed E-state index contributed by atoms with van der Waals surface area (Å²) in [5.74, 6) is -0.0405. The smallest absolute Gasteiger partial charge is 0.305 e. The van der Waals surface area contributed by atoms with Gasteiger partial charge in [-0.1, -0.05) is 386 Å². The van der Waals surface area contributed by atoms with Crippen LogP contribution in [0, 0.1) is 0 Å². The molecule has 6 nitrogen and oxygen atoms in total. The first-order valence-corrected chi connectivity index (χ1v) is 36.5. The number of aliphatic hydroxyl groups is 2. The highest BCUT2D eigenvalue weighted by Crippen LogP contribution is 2.19. The molecule has 6 heteroatoms. The van der Waals surface area contributed by atoms with E-state index in [1.54, 1.807) is 6.08 Å². The van der Waals surface area contributed by atoms with Crippen LogP contribution < -0.4 is 5.32 Å². The molecule has 0 fully saturated rings. The highest BCUT2D eigenvalue weighted by Gasteiger charge is 2.18. The molecule has 0 aliphatic rings. The molecule has 3 N–H and O–H groups in total. The number of carbonyl (C=O) groups is 2. The molecule has 0 aromatic rings. The molecule has 0 aliphatic heterocycles. The van der Waals surface area contributed by atoms with Gasteiger partial charge in [0.1, 0.15) is 0 Å². The molecular formula is C73H143NO5. The van der Waals surface area contributed by atoms with Gasteiger partial charge in [0.2, 0.25) is 5.91 Å². The van der Waals surface area contributed by atoms with Crippen LogP contribution in [0.25, 0.3) is 0 Å². The fraction of sp³-hybridized carbons (Fsp3) is 0.945. The molecular weight excluding hydrogens is 971 g/mol. The zero-order valence-electron chi connectivity index (χ0n) is 53.9. The summed E-state index contributed by atoms with van der Waals surface area (Å²) in [6, 6.07) is -0.626. The topological polar surface area (TPSA) is 95.9 Å². The van der Waals surface area contributed by atoms with Gasteiger partial charge in [0.15, 0.2) is 0 Å². The lowest BCUT2D eigenvalue weighted by atomic mass is 10.0. The highest BCUT2D eigenvalue weighted by atomic mass is 16.5. The second kappa shape index (κ2) is 69.1. The molecule has 2 atom stereocenters. The number of hydrogen-bond donors (Lipinski definition) is 3. The van der Waals surface area contributed by atoms with E-state index in [-0.39, 0.29) is 18.5 Å². The van der Waals surface area contributed by atoms with Crippen molar-refractivity contribution >= 4 is 11.9 Å². The standard InChI is InChI=1S/C73H143NO5/c1-3-5-7-9-11-13-15-16-17-18-19-20-27-30-33-36-39-42-46-49-53-57-61-65-71(76)70(69-75)74-72(77)66-62-58-54-50-47-43-40-37-34-31-28-25-23-21-22-24-26-29-32-35-38-41-44-48-52-56-60-64-68-79-73(78)67-63-59-55-51-45-14-12-10-8-6-4-2/h61,65,70-71,75-76H,3-60,62-64,66-69H2,1-2H3,(H,74,77)/b65-61+. The number of rotatable bonds is 69. The van der Waals surface area contributed by atoms with E-state index in [2.05, 4.69) is 19.2 Å². The molecule has 0 saturated carbocycles. The van der Waals surface area contributed by atoms with Crippen LogP contribution in [0.2, 0.25) is 0 Å². The predicted molar refractivity (Wildman–Crippen MR) is 347 cm³/mol. The van der Waals surface area contributed by atoms with E-state index < -0.39 is 12.1 Å². The van der Waals surface area contributed by atoms with Gasteiger partial charge in [0.25, 0.3) is 0 Å². The fourth-order valence-corrected chi connectivity index (χ4v) is 11.8.